The molecule has 0 atom stereocenters. The second kappa shape index (κ2) is 7.97. The topological polar surface area (TPSA) is 102 Å². The molecule has 4 amide bonds. The molecule has 1 aliphatic rings. The molecule has 1 fully saturated rings. The van der Waals surface area contributed by atoms with Crippen molar-refractivity contribution < 1.29 is 28.7 Å². The van der Waals surface area contributed by atoms with Gasteiger partial charge in [0.05, 0.1) is 12.8 Å². The van der Waals surface area contributed by atoms with Gasteiger partial charge in [0, 0.05) is 6.92 Å². The molecule has 1 heterocycles. The number of benzene rings is 2. The summed E-state index contributed by atoms with van der Waals surface area (Å²) < 4.78 is 10.2. The minimum absolute atomic E-state index is 0.207. The number of nitrogens with zero attached hydrogens (tertiary/aromatic N) is 1. The van der Waals surface area contributed by atoms with Crippen LogP contribution in [-0.2, 0) is 14.4 Å². The third kappa shape index (κ3) is 4.01. The normalized spacial score (nSPS) is 15.3. The van der Waals surface area contributed by atoms with Gasteiger partial charge in [0.1, 0.15) is 5.57 Å². The lowest BCUT2D eigenvalue weighted by Crippen LogP contribution is -2.54. The van der Waals surface area contributed by atoms with Gasteiger partial charge in [-0.2, -0.15) is 0 Å². The number of hydrogen-bond acceptors (Lipinski definition) is 6. The van der Waals surface area contributed by atoms with Crippen molar-refractivity contribution >= 4 is 35.6 Å². The number of barbiturate groups is 1. The Kier molecular flexibility index (Phi) is 5.45. The van der Waals surface area contributed by atoms with Crippen LogP contribution in [0.25, 0.3) is 6.08 Å². The van der Waals surface area contributed by atoms with Gasteiger partial charge >= 0.3 is 12.0 Å². The number of para-hydroxylation sites is 1. The Hall–Kier alpha value is -3.94. The van der Waals surface area contributed by atoms with Gasteiger partial charge in [0.2, 0.25) is 0 Å². The van der Waals surface area contributed by atoms with E-state index in [0.29, 0.717) is 16.8 Å². The predicted octanol–water partition coefficient (Wildman–Crippen LogP) is 2.60. The van der Waals surface area contributed by atoms with Gasteiger partial charge in [-0.15, -0.1) is 0 Å². The van der Waals surface area contributed by atoms with E-state index in [0.717, 1.165) is 4.90 Å². The fourth-order valence-electron chi connectivity index (χ4n) is 2.87. The van der Waals surface area contributed by atoms with Crippen molar-refractivity contribution in [1.82, 2.24) is 5.32 Å². The molecule has 2 aromatic rings. The first kappa shape index (κ1) is 19.8. The Morgan fingerprint density at radius 3 is 2.45 bits per heavy atom. The summed E-state index contributed by atoms with van der Waals surface area (Å²) in [7, 11) is 1.40. The lowest BCUT2D eigenvalue weighted by Gasteiger charge is -2.27. The van der Waals surface area contributed by atoms with Gasteiger partial charge in [0.15, 0.2) is 11.5 Å². The van der Waals surface area contributed by atoms with Crippen LogP contribution in [0.3, 0.4) is 0 Å². The number of imide groups is 2. The molecule has 0 aliphatic carbocycles. The van der Waals surface area contributed by atoms with Gasteiger partial charge in [-0.1, -0.05) is 24.3 Å². The van der Waals surface area contributed by atoms with Crippen LogP contribution in [0.4, 0.5) is 10.5 Å². The third-order valence-corrected chi connectivity index (χ3v) is 4.21. The molecule has 0 unspecified atom stereocenters. The molecule has 1 aliphatic heterocycles. The first-order chi connectivity index (χ1) is 13.8. The van der Waals surface area contributed by atoms with Crippen LogP contribution in [0, 0.1) is 6.92 Å². The summed E-state index contributed by atoms with van der Waals surface area (Å²) in [5, 5.41) is 2.18. The number of ether oxygens (including phenoxy) is 2. The van der Waals surface area contributed by atoms with E-state index in [1.165, 1.54) is 32.2 Å². The number of methoxy groups -OCH3 is 1. The minimum Gasteiger partial charge on any atom is -0.493 e. The van der Waals surface area contributed by atoms with Crippen LogP contribution < -0.4 is 19.7 Å². The highest BCUT2D eigenvalue weighted by atomic mass is 16.6. The molecular formula is C21H18N2O6. The molecule has 29 heavy (non-hydrogen) atoms. The summed E-state index contributed by atoms with van der Waals surface area (Å²) in [5.74, 6) is -1.59. The molecule has 1 saturated heterocycles. The number of carbonyl (C=O) groups is 4. The maximum atomic E-state index is 12.9. The maximum Gasteiger partial charge on any atom is 0.335 e. The number of carbonyl (C=O) groups excluding carboxylic acids is 4. The van der Waals surface area contributed by atoms with Crippen LogP contribution in [0.1, 0.15) is 18.1 Å². The van der Waals surface area contributed by atoms with E-state index < -0.39 is 23.8 Å². The Bertz CT molecular complexity index is 1060. The second-order valence-electron chi connectivity index (χ2n) is 6.25. The first-order valence-electron chi connectivity index (χ1n) is 8.65. The number of esters is 1. The fourth-order valence-corrected chi connectivity index (χ4v) is 2.87. The highest BCUT2D eigenvalue weighted by molar-refractivity contribution is 6.39. The zero-order valence-corrected chi connectivity index (χ0v) is 16.0. The van der Waals surface area contributed by atoms with Crippen molar-refractivity contribution in [2.75, 3.05) is 12.0 Å². The molecule has 2 aromatic carbocycles. The quantitative estimate of drug-likeness (QED) is 0.370. The molecule has 3 rings (SSSR count). The van der Waals surface area contributed by atoms with Crippen molar-refractivity contribution in [3.8, 4) is 11.5 Å². The van der Waals surface area contributed by atoms with E-state index in [9.17, 15) is 19.2 Å². The van der Waals surface area contributed by atoms with Crippen LogP contribution in [-0.4, -0.2) is 30.9 Å². The Balaban J connectivity index is 2.01. The van der Waals surface area contributed by atoms with Gasteiger partial charge in [0.25, 0.3) is 11.8 Å². The van der Waals surface area contributed by atoms with E-state index in [1.807, 2.05) is 0 Å². The largest absolute Gasteiger partial charge is 0.493 e. The van der Waals surface area contributed by atoms with Crippen LogP contribution in [0.15, 0.2) is 48.0 Å². The van der Waals surface area contributed by atoms with Crippen LogP contribution >= 0.6 is 0 Å². The van der Waals surface area contributed by atoms with E-state index in [1.54, 1.807) is 37.3 Å². The number of nitrogens with one attached hydrogen (secondary N) is 1. The minimum atomic E-state index is -0.811. The Morgan fingerprint density at radius 2 is 1.79 bits per heavy atom. The number of rotatable bonds is 4. The van der Waals surface area contributed by atoms with Crippen molar-refractivity contribution in [3.05, 3.63) is 59.2 Å². The number of aryl methyl sites for hydroxylation is 1. The van der Waals surface area contributed by atoms with E-state index in [-0.39, 0.29) is 17.1 Å². The number of urea groups is 1. The average molecular weight is 394 g/mol. The average Bonchev–Trinajstić information content (AvgIpc) is 2.67. The number of hydrogen-bond donors (Lipinski definition) is 1. The summed E-state index contributed by atoms with van der Waals surface area (Å²) in [6, 6.07) is 10.6. The zero-order chi connectivity index (χ0) is 21.1. The standard InChI is InChI=1S/C21H18N2O6/c1-12-6-4-5-7-16(12)23-20(26)15(19(25)22-21(23)27)10-14-8-9-17(29-13(2)24)18(11-14)28-3/h4-11H,1-3H3,(H,22,25,27). The molecule has 0 bridgehead atoms. The second-order valence-corrected chi connectivity index (χ2v) is 6.25. The zero-order valence-electron chi connectivity index (χ0n) is 16.0. The summed E-state index contributed by atoms with van der Waals surface area (Å²) in [6.07, 6.45) is 1.34. The number of amides is 4. The summed E-state index contributed by atoms with van der Waals surface area (Å²) in [6.45, 7) is 3.02. The molecule has 0 spiro atoms. The van der Waals surface area contributed by atoms with Crippen molar-refractivity contribution in [1.29, 1.82) is 0 Å². The van der Waals surface area contributed by atoms with Gasteiger partial charge < -0.3 is 9.47 Å². The van der Waals surface area contributed by atoms with Crippen molar-refractivity contribution in [3.63, 3.8) is 0 Å². The predicted molar refractivity (Wildman–Crippen MR) is 104 cm³/mol. The molecule has 148 valence electrons. The van der Waals surface area contributed by atoms with Gasteiger partial charge in [-0.05, 0) is 42.3 Å². The number of anilines is 1. The highest BCUT2D eigenvalue weighted by Gasteiger charge is 2.37. The molecule has 0 aromatic heterocycles. The summed E-state index contributed by atoms with van der Waals surface area (Å²) in [5.41, 5.74) is 1.33. The van der Waals surface area contributed by atoms with Crippen LogP contribution in [0.5, 0.6) is 11.5 Å². The van der Waals surface area contributed by atoms with Crippen LogP contribution in [0.2, 0.25) is 0 Å². The third-order valence-electron chi connectivity index (χ3n) is 4.21. The lowest BCUT2D eigenvalue weighted by atomic mass is 10.1. The molecule has 0 radical (unpaired) electrons. The Morgan fingerprint density at radius 1 is 1.07 bits per heavy atom. The van der Waals surface area contributed by atoms with Gasteiger partial charge in [-0.25, -0.2) is 9.69 Å². The van der Waals surface area contributed by atoms with Crippen molar-refractivity contribution in [2.45, 2.75) is 13.8 Å². The highest BCUT2D eigenvalue weighted by Crippen LogP contribution is 2.30. The van der Waals surface area contributed by atoms with Crippen molar-refractivity contribution in [2.24, 2.45) is 0 Å². The van der Waals surface area contributed by atoms with E-state index in [4.69, 9.17) is 9.47 Å². The lowest BCUT2D eigenvalue weighted by molar-refractivity contribution is -0.132. The van der Waals surface area contributed by atoms with E-state index in [2.05, 4.69) is 5.32 Å². The molecule has 8 heteroatoms. The molecule has 8 nitrogen and oxygen atoms in total. The maximum absolute atomic E-state index is 12.9. The SMILES string of the molecule is COc1cc(C=C2C(=O)NC(=O)N(c3ccccc3C)C2=O)ccc1OC(C)=O. The monoisotopic (exact) mass is 394 g/mol. The molecular weight excluding hydrogens is 376 g/mol. The summed E-state index contributed by atoms with van der Waals surface area (Å²) >= 11 is 0. The molecule has 1 N–H and O–H groups in total. The van der Waals surface area contributed by atoms with E-state index >= 15 is 0 Å². The Labute approximate surface area is 166 Å². The summed E-state index contributed by atoms with van der Waals surface area (Å²) in [4.78, 5) is 49.6. The first-order valence-corrected chi connectivity index (χ1v) is 8.65. The van der Waals surface area contributed by atoms with Gasteiger partial charge in [-0.3, -0.25) is 19.7 Å². The smallest absolute Gasteiger partial charge is 0.335 e. The fraction of sp³-hybridized carbons (Fsp3) is 0.143. The molecule has 0 saturated carbocycles.